The monoisotopic (exact) mass is 174 g/mol. The predicted octanol–water partition coefficient (Wildman–Crippen LogP) is 2.08. The largest absolute Gasteiger partial charge is 0.310 e. The molecule has 0 spiro atoms. The van der Waals surface area contributed by atoms with Crippen LogP contribution in [0, 0.1) is 0 Å². The Bertz CT molecular complexity index is 286. The van der Waals surface area contributed by atoms with E-state index in [9.17, 15) is 0 Å². The molecule has 1 aromatic carbocycles. The quantitative estimate of drug-likeness (QED) is 0.700. The molecule has 1 aromatic rings. The van der Waals surface area contributed by atoms with E-state index < -0.39 is 0 Å². The fraction of sp³-hybridized carbons (Fsp3) is 0.182. The van der Waals surface area contributed by atoms with Gasteiger partial charge in [0.05, 0.1) is 6.17 Å². The molecule has 2 N–H and O–H groups in total. The standard InChI is InChI=1S/C11H14N2/c1-10(12)13-9-5-8-11-6-3-2-4-7-11/h2-10H,12H2,1H3. The number of aliphatic imine (C=N–C) groups is 1. The zero-order valence-corrected chi connectivity index (χ0v) is 7.72. The van der Waals surface area contributed by atoms with Gasteiger partial charge in [-0.25, -0.2) is 0 Å². The molecule has 1 unspecified atom stereocenters. The van der Waals surface area contributed by atoms with E-state index in [1.54, 1.807) is 6.21 Å². The second-order valence-corrected chi connectivity index (χ2v) is 2.81. The Kier molecular flexibility index (Phi) is 3.93. The number of nitrogens with two attached hydrogens (primary N) is 1. The van der Waals surface area contributed by atoms with Gasteiger partial charge in [0.15, 0.2) is 0 Å². The van der Waals surface area contributed by atoms with Gasteiger partial charge in [-0.2, -0.15) is 0 Å². The van der Waals surface area contributed by atoms with Crippen molar-refractivity contribution in [2.45, 2.75) is 13.1 Å². The summed E-state index contributed by atoms with van der Waals surface area (Å²) in [5.41, 5.74) is 6.61. The van der Waals surface area contributed by atoms with Gasteiger partial charge in [0, 0.05) is 6.21 Å². The number of allylic oxidation sites excluding steroid dienone is 1. The van der Waals surface area contributed by atoms with E-state index in [4.69, 9.17) is 5.73 Å². The van der Waals surface area contributed by atoms with Crippen molar-refractivity contribution in [3.63, 3.8) is 0 Å². The fourth-order valence-electron chi connectivity index (χ4n) is 0.904. The second-order valence-electron chi connectivity index (χ2n) is 2.81. The predicted molar refractivity (Wildman–Crippen MR) is 57.6 cm³/mol. The lowest BCUT2D eigenvalue weighted by Crippen LogP contribution is -2.10. The minimum atomic E-state index is -0.125. The van der Waals surface area contributed by atoms with E-state index in [1.165, 1.54) is 5.56 Å². The molecule has 1 atom stereocenters. The number of benzene rings is 1. The summed E-state index contributed by atoms with van der Waals surface area (Å²) in [5.74, 6) is 0. The molecule has 0 aliphatic rings. The molecule has 2 nitrogen and oxygen atoms in total. The molecule has 0 aliphatic heterocycles. The minimum absolute atomic E-state index is 0.125. The summed E-state index contributed by atoms with van der Waals surface area (Å²) in [7, 11) is 0. The molecular weight excluding hydrogens is 160 g/mol. The fourth-order valence-corrected chi connectivity index (χ4v) is 0.904. The normalized spacial score (nSPS) is 14.0. The third-order valence-electron chi connectivity index (χ3n) is 1.50. The average molecular weight is 174 g/mol. The van der Waals surface area contributed by atoms with Crippen LogP contribution in [0.2, 0.25) is 0 Å². The van der Waals surface area contributed by atoms with Crippen molar-refractivity contribution >= 4 is 12.3 Å². The second kappa shape index (κ2) is 5.27. The Balaban J connectivity index is 2.50. The third kappa shape index (κ3) is 4.23. The first kappa shape index (κ1) is 9.68. The molecule has 68 valence electrons. The molecule has 13 heavy (non-hydrogen) atoms. The van der Waals surface area contributed by atoms with Crippen LogP contribution in [0.4, 0.5) is 0 Å². The van der Waals surface area contributed by atoms with Crippen molar-refractivity contribution in [1.29, 1.82) is 0 Å². The summed E-state index contributed by atoms with van der Waals surface area (Å²) >= 11 is 0. The first-order chi connectivity index (χ1) is 6.29. The van der Waals surface area contributed by atoms with E-state index in [0.717, 1.165) is 0 Å². The molecule has 0 heterocycles. The highest BCUT2D eigenvalue weighted by atomic mass is 14.9. The van der Waals surface area contributed by atoms with Crippen molar-refractivity contribution in [3.8, 4) is 0 Å². The van der Waals surface area contributed by atoms with E-state index in [1.807, 2.05) is 49.4 Å². The molecule has 0 aliphatic carbocycles. The van der Waals surface area contributed by atoms with Crippen LogP contribution in [0.1, 0.15) is 12.5 Å². The summed E-state index contributed by atoms with van der Waals surface area (Å²) in [6, 6.07) is 10.1. The van der Waals surface area contributed by atoms with Gasteiger partial charge in [-0.1, -0.05) is 36.4 Å². The van der Waals surface area contributed by atoms with Gasteiger partial charge in [0.1, 0.15) is 0 Å². The Morgan fingerprint density at radius 2 is 2.00 bits per heavy atom. The van der Waals surface area contributed by atoms with Gasteiger partial charge in [-0.05, 0) is 18.6 Å². The van der Waals surface area contributed by atoms with Crippen molar-refractivity contribution in [3.05, 3.63) is 42.0 Å². The van der Waals surface area contributed by atoms with Crippen LogP contribution in [-0.4, -0.2) is 12.4 Å². The first-order valence-corrected chi connectivity index (χ1v) is 4.29. The van der Waals surface area contributed by atoms with E-state index in [0.29, 0.717) is 0 Å². The molecular formula is C11H14N2. The smallest absolute Gasteiger partial charge is 0.0940 e. The average Bonchev–Trinajstić information content (AvgIpc) is 2.14. The lowest BCUT2D eigenvalue weighted by atomic mass is 10.2. The SMILES string of the molecule is CC(N)N=CC=Cc1ccccc1. The first-order valence-electron chi connectivity index (χ1n) is 4.29. The highest BCUT2D eigenvalue weighted by molar-refractivity contribution is 5.78. The van der Waals surface area contributed by atoms with Crippen LogP contribution in [0.25, 0.3) is 6.08 Å². The molecule has 0 aromatic heterocycles. The van der Waals surface area contributed by atoms with E-state index in [-0.39, 0.29) is 6.17 Å². The molecule has 1 rings (SSSR count). The highest BCUT2D eigenvalue weighted by Gasteiger charge is 1.81. The van der Waals surface area contributed by atoms with Crippen LogP contribution < -0.4 is 5.73 Å². The van der Waals surface area contributed by atoms with E-state index >= 15 is 0 Å². The third-order valence-corrected chi connectivity index (χ3v) is 1.50. The van der Waals surface area contributed by atoms with Crippen LogP contribution in [0.5, 0.6) is 0 Å². The summed E-state index contributed by atoms with van der Waals surface area (Å²) in [5, 5.41) is 0. The van der Waals surface area contributed by atoms with Crippen molar-refractivity contribution in [2.75, 3.05) is 0 Å². The van der Waals surface area contributed by atoms with Gasteiger partial charge in [0.25, 0.3) is 0 Å². The van der Waals surface area contributed by atoms with Crippen molar-refractivity contribution in [1.82, 2.24) is 0 Å². The molecule has 0 radical (unpaired) electrons. The minimum Gasteiger partial charge on any atom is -0.310 e. The maximum Gasteiger partial charge on any atom is 0.0940 e. The summed E-state index contributed by atoms with van der Waals surface area (Å²) in [4.78, 5) is 4.01. The maximum atomic E-state index is 5.44. The van der Waals surface area contributed by atoms with Gasteiger partial charge in [-0.15, -0.1) is 0 Å². The zero-order chi connectivity index (χ0) is 9.52. The van der Waals surface area contributed by atoms with Gasteiger partial charge < -0.3 is 5.73 Å². The van der Waals surface area contributed by atoms with Crippen molar-refractivity contribution < 1.29 is 0 Å². The molecule has 0 saturated carbocycles. The number of hydrogen-bond donors (Lipinski definition) is 1. The van der Waals surface area contributed by atoms with Crippen LogP contribution >= 0.6 is 0 Å². The van der Waals surface area contributed by atoms with Gasteiger partial charge in [0.2, 0.25) is 0 Å². The summed E-state index contributed by atoms with van der Waals surface area (Å²) in [6.45, 7) is 1.84. The molecule has 0 bridgehead atoms. The van der Waals surface area contributed by atoms with Crippen LogP contribution in [0.3, 0.4) is 0 Å². The molecule has 0 fully saturated rings. The summed E-state index contributed by atoms with van der Waals surface area (Å²) in [6.07, 6.45) is 5.47. The van der Waals surface area contributed by atoms with Gasteiger partial charge >= 0.3 is 0 Å². The van der Waals surface area contributed by atoms with Crippen LogP contribution in [-0.2, 0) is 0 Å². The highest BCUT2D eigenvalue weighted by Crippen LogP contribution is 1.99. The van der Waals surface area contributed by atoms with Crippen LogP contribution in [0.15, 0.2) is 41.4 Å². The Labute approximate surface area is 78.8 Å². The number of nitrogens with zero attached hydrogens (tertiary/aromatic N) is 1. The Morgan fingerprint density at radius 1 is 1.31 bits per heavy atom. The maximum absolute atomic E-state index is 5.44. The Morgan fingerprint density at radius 3 is 2.62 bits per heavy atom. The number of rotatable bonds is 3. The van der Waals surface area contributed by atoms with E-state index in [2.05, 4.69) is 4.99 Å². The molecule has 0 amide bonds. The molecule has 2 heteroatoms. The Hall–Kier alpha value is -1.41. The topological polar surface area (TPSA) is 38.4 Å². The molecule has 0 saturated heterocycles. The summed E-state index contributed by atoms with van der Waals surface area (Å²) < 4.78 is 0. The lowest BCUT2D eigenvalue weighted by molar-refractivity contribution is 0.797. The van der Waals surface area contributed by atoms with Gasteiger partial charge in [-0.3, -0.25) is 4.99 Å². The zero-order valence-electron chi connectivity index (χ0n) is 7.72. The lowest BCUT2D eigenvalue weighted by Gasteiger charge is -1.91. The number of hydrogen-bond acceptors (Lipinski definition) is 2. The van der Waals surface area contributed by atoms with Crippen molar-refractivity contribution in [2.24, 2.45) is 10.7 Å².